The van der Waals surface area contributed by atoms with Crippen LogP contribution < -0.4 is 4.31 Å². The molecule has 27 heavy (non-hydrogen) atoms. The molecule has 8 heteroatoms. The molecule has 2 heterocycles. The van der Waals surface area contributed by atoms with Crippen molar-refractivity contribution < 1.29 is 9.63 Å². The molecule has 0 fully saturated rings. The summed E-state index contributed by atoms with van der Waals surface area (Å²) in [6, 6.07) is 5.93. The summed E-state index contributed by atoms with van der Waals surface area (Å²) >= 11 is 3.70. The van der Waals surface area contributed by atoms with Crippen LogP contribution in [0.1, 0.15) is 59.3 Å². The fourth-order valence-electron chi connectivity index (χ4n) is 2.43. The second kappa shape index (κ2) is 15.4. The Hall–Kier alpha value is -0.480. The standard InChI is InChI=1S/C17H24IN3O2S2.C2H6/c1-2-3-11-24-17(22)13-15-12-14(20-23-15)7-6-10-21(25-18)16-8-4-5-9-19-16;1-2/h4-5,8-9,15H,2-3,6-7,10-13H2,1H3;1-2H3. The van der Waals surface area contributed by atoms with Gasteiger partial charge in [-0.2, -0.15) is 0 Å². The Labute approximate surface area is 184 Å². The van der Waals surface area contributed by atoms with E-state index < -0.39 is 0 Å². The van der Waals surface area contributed by atoms with Crippen molar-refractivity contribution >= 4 is 58.7 Å². The van der Waals surface area contributed by atoms with E-state index in [0.29, 0.717) is 6.42 Å². The molecule has 0 bridgehead atoms. The van der Waals surface area contributed by atoms with Gasteiger partial charge in [-0.25, -0.2) is 4.98 Å². The van der Waals surface area contributed by atoms with Crippen LogP contribution in [0.3, 0.4) is 0 Å². The van der Waals surface area contributed by atoms with Crippen molar-refractivity contribution in [3.63, 3.8) is 0 Å². The number of rotatable bonds is 11. The zero-order chi connectivity index (χ0) is 19.9. The molecule has 152 valence electrons. The number of oxime groups is 1. The molecule has 1 aromatic rings. The van der Waals surface area contributed by atoms with Crippen LogP contribution in [0.2, 0.25) is 0 Å². The van der Waals surface area contributed by atoms with Crippen LogP contribution in [0.5, 0.6) is 0 Å². The van der Waals surface area contributed by atoms with Gasteiger partial charge in [0.15, 0.2) is 5.12 Å². The molecule has 0 saturated carbocycles. The topological polar surface area (TPSA) is 54.8 Å². The number of hydrogen-bond acceptors (Lipinski definition) is 7. The minimum Gasteiger partial charge on any atom is -0.392 e. The molecule has 1 aromatic heterocycles. The van der Waals surface area contributed by atoms with Gasteiger partial charge in [-0.05, 0) is 31.4 Å². The fourth-order valence-corrected chi connectivity index (χ4v) is 4.97. The van der Waals surface area contributed by atoms with Crippen LogP contribution in [-0.4, -0.2) is 34.2 Å². The van der Waals surface area contributed by atoms with Crippen molar-refractivity contribution in [2.75, 3.05) is 16.6 Å². The van der Waals surface area contributed by atoms with E-state index in [1.165, 1.54) is 11.8 Å². The normalized spacial score (nSPS) is 15.4. The van der Waals surface area contributed by atoms with Crippen molar-refractivity contribution in [2.45, 2.75) is 65.4 Å². The molecule has 0 aliphatic carbocycles. The van der Waals surface area contributed by atoms with E-state index in [4.69, 9.17) is 4.84 Å². The predicted octanol–water partition coefficient (Wildman–Crippen LogP) is 6.29. The third kappa shape index (κ3) is 10.0. The zero-order valence-electron chi connectivity index (χ0n) is 16.4. The number of aromatic nitrogens is 1. The van der Waals surface area contributed by atoms with Gasteiger partial charge < -0.3 is 4.84 Å². The number of halogens is 1. The highest BCUT2D eigenvalue weighted by molar-refractivity contribution is 14.2. The van der Waals surface area contributed by atoms with E-state index >= 15 is 0 Å². The average molecular weight is 524 g/mol. The minimum atomic E-state index is -0.0672. The number of anilines is 1. The molecule has 0 saturated heterocycles. The highest BCUT2D eigenvalue weighted by atomic mass is 127. The number of pyridine rings is 1. The predicted molar refractivity (Wildman–Crippen MR) is 128 cm³/mol. The Balaban J connectivity index is 0.00000176. The highest BCUT2D eigenvalue weighted by Gasteiger charge is 2.23. The first kappa shape index (κ1) is 24.6. The Morgan fingerprint density at radius 2 is 2.19 bits per heavy atom. The Bertz CT molecular complexity index is 561. The van der Waals surface area contributed by atoms with Gasteiger partial charge >= 0.3 is 0 Å². The SMILES string of the molecule is CC.CCCCSC(=O)CC1CC(CCCN(SI)c2ccccn2)=NO1. The molecule has 0 N–H and O–H groups in total. The first-order chi connectivity index (χ1) is 13.2. The van der Waals surface area contributed by atoms with Gasteiger partial charge in [0.05, 0.1) is 12.1 Å². The zero-order valence-corrected chi connectivity index (χ0v) is 20.2. The van der Waals surface area contributed by atoms with Gasteiger partial charge in [0.2, 0.25) is 0 Å². The molecule has 1 aliphatic heterocycles. The van der Waals surface area contributed by atoms with E-state index in [1.54, 1.807) is 9.12 Å². The summed E-state index contributed by atoms with van der Waals surface area (Å²) < 4.78 is 2.17. The molecule has 1 aliphatic rings. The van der Waals surface area contributed by atoms with Gasteiger partial charge in [0.1, 0.15) is 11.9 Å². The van der Waals surface area contributed by atoms with E-state index in [9.17, 15) is 4.79 Å². The van der Waals surface area contributed by atoms with Crippen LogP contribution in [0.4, 0.5) is 5.82 Å². The molecule has 5 nitrogen and oxygen atoms in total. The number of carbonyl (C=O) groups excluding carboxylic acids is 1. The number of thioether (sulfide) groups is 1. The Kier molecular flexibility index (Phi) is 14.0. The largest absolute Gasteiger partial charge is 0.392 e. The van der Waals surface area contributed by atoms with Crippen molar-refractivity contribution in [3.05, 3.63) is 24.4 Å². The van der Waals surface area contributed by atoms with E-state index in [1.807, 2.05) is 38.2 Å². The van der Waals surface area contributed by atoms with Crippen molar-refractivity contribution in [1.82, 2.24) is 4.98 Å². The lowest BCUT2D eigenvalue weighted by molar-refractivity contribution is -0.113. The van der Waals surface area contributed by atoms with Gasteiger partial charge in [0, 0.05) is 55.2 Å². The lowest BCUT2D eigenvalue weighted by Crippen LogP contribution is -2.17. The lowest BCUT2D eigenvalue weighted by atomic mass is 10.1. The summed E-state index contributed by atoms with van der Waals surface area (Å²) in [5.74, 6) is 1.88. The van der Waals surface area contributed by atoms with Gasteiger partial charge in [-0.1, -0.05) is 50.2 Å². The average Bonchev–Trinajstić information content (AvgIpc) is 3.15. The number of unbranched alkanes of at least 4 members (excludes halogenated alkanes) is 1. The first-order valence-electron chi connectivity index (χ1n) is 9.57. The summed E-state index contributed by atoms with van der Waals surface area (Å²) in [6.07, 6.45) is 7.08. The van der Waals surface area contributed by atoms with Crippen molar-refractivity contribution in [3.8, 4) is 0 Å². The van der Waals surface area contributed by atoms with E-state index in [0.717, 1.165) is 55.9 Å². The summed E-state index contributed by atoms with van der Waals surface area (Å²) in [5, 5.41) is 4.39. The molecule has 1 unspecified atom stereocenters. The lowest BCUT2D eigenvalue weighted by Gasteiger charge is -2.18. The molecule has 0 spiro atoms. The second-order valence-corrected chi connectivity index (χ2v) is 8.74. The maximum Gasteiger partial charge on any atom is 0.192 e. The molecular formula is C19H30IN3O2S2. The third-order valence-electron chi connectivity index (χ3n) is 3.76. The summed E-state index contributed by atoms with van der Waals surface area (Å²) in [5.41, 5.74) is 1.07. The molecule has 0 aromatic carbocycles. The third-order valence-corrected chi connectivity index (χ3v) is 6.71. The van der Waals surface area contributed by atoms with Crippen molar-refractivity contribution in [2.24, 2.45) is 5.16 Å². The van der Waals surface area contributed by atoms with E-state index in [2.05, 4.69) is 42.6 Å². The van der Waals surface area contributed by atoms with Gasteiger partial charge in [-0.3, -0.25) is 9.10 Å². The monoisotopic (exact) mass is 523 g/mol. The molecule has 1 atom stereocenters. The van der Waals surface area contributed by atoms with Gasteiger partial charge in [-0.15, -0.1) is 0 Å². The molecule has 0 amide bonds. The number of hydrogen-bond donors (Lipinski definition) is 0. The molecule has 2 rings (SSSR count). The van der Waals surface area contributed by atoms with Crippen LogP contribution in [0, 0.1) is 0 Å². The molecule has 0 radical (unpaired) electrons. The quantitative estimate of drug-likeness (QED) is 0.193. The smallest absolute Gasteiger partial charge is 0.192 e. The summed E-state index contributed by atoms with van der Waals surface area (Å²) in [6.45, 7) is 7.04. The minimum absolute atomic E-state index is 0.0672. The summed E-state index contributed by atoms with van der Waals surface area (Å²) in [4.78, 5) is 21.7. The fraction of sp³-hybridized carbons (Fsp3) is 0.632. The van der Waals surface area contributed by atoms with Crippen molar-refractivity contribution in [1.29, 1.82) is 0 Å². The van der Waals surface area contributed by atoms with E-state index in [-0.39, 0.29) is 11.2 Å². The van der Waals surface area contributed by atoms with Crippen LogP contribution in [-0.2, 0) is 9.63 Å². The maximum absolute atomic E-state index is 11.9. The number of nitrogens with zero attached hydrogens (tertiary/aromatic N) is 3. The van der Waals surface area contributed by atoms with Crippen LogP contribution in [0.25, 0.3) is 0 Å². The second-order valence-electron chi connectivity index (χ2n) is 5.83. The Morgan fingerprint density at radius 3 is 2.85 bits per heavy atom. The Morgan fingerprint density at radius 1 is 1.37 bits per heavy atom. The highest BCUT2D eigenvalue weighted by Crippen LogP contribution is 2.26. The van der Waals surface area contributed by atoms with Crippen LogP contribution >= 0.6 is 42.1 Å². The van der Waals surface area contributed by atoms with Gasteiger partial charge in [0.25, 0.3) is 0 Å². The maximum atomic E-state index is 11.9. The van der Waals surface area contributed by atoms with Crippen LogP contribution in [0.15, 0.2) is 29.6 Å². The number of carbonyl (C=O) groups is 1. The molecular weight excluding hydrogens is 493 g/mol. The summed E-state index contributed by atoms with van der Waals surface area (Å²) in [7, 11) is 1.65. The first-order valence-corrected chi connectivity index (χ1v) is 13.9.